The van der Waals surface area contributed by atoms with Crippen molar-refractivity contribution in [2.24, 2.45) is 10.7 Å². The van der Waals surface area contributed by atoms with E-state index in [2.05, 4.69) is 42.2 Å². The van der Waals surface area contributed by atoms with Crippen LogP contribution in [-0.2, 0) is 12.6 Å². The molecule has 25 heavy (non-hydrogen) atoms. The van der Waals surface area contributed by atoms with Crippen molar-refractivity contribution in [2.45, 2.75) is 18.6 Å². The van der Waals surface area contributed by atoms with Gasteiger partial charge in [0.25, 0.3) is 0 Å². The first kappa shape index (κ1) is 18.4. The lowest BCUT2D eigenvalue weighted by Gasteiger charge is -2.27. The summed E-state index contributed by atoms with van der Waals surface area (Å²) in [4.78, 5) is 4.41. The zero-order valence-corrected chi connectivity index (χ0v) is 16.0. The zero-order chi connectivity index (χ0) is 18.2. The van der Waals surface area contributed by atoms with E-state index in [1.54, 1.807) is 6.07 Å². The van der Waals surface area contributed by atoms with Crippen LogP contribution in [0.2, 0.25) is 0 Å². The van der Waals surface area contributed by atoms with E-state index in [0.29, 0.717) is 24.2 Å². The Bertz CT molecular complexity index is 834. The maximum atomic E-state index is 13.0. The highest BCUT2D eigenvalue weighted by Gasteiger charge is 2.33. The van der Waals surface area contributed by atoms with E-state index in [0.717, 1.165) is 26.6 Å². The number of nitrogens with two attached hydrogens (primary N) is 1. The van der Waals surface area contributed by atoms with Gasteiger partial charge in [-0.15, -0.1) is 0 Å². The van der Waals surface area contributed by atoms with Crippen LogP contribution in [0.1, 0.15) is 22.7 Å². The summed E-state index contributed by atoms with van der Waals surface area (Å²) in [6, 6.07) is 8.69. The molecule has 132 valence electrons. The summed E-state index contributed by atoms with van der Waals surface area (Å²) < 4.78 is 40.7. The van der Waals surface area contributed by atoms with Crippen LogP contribution in [-0.4, -0.2) is 12.4 Å². The fraction of sp³-hybridized carbons (Fsp3) is 0.235. The molecule has 1 heterocycles. The fourth-order valence-corrected chi connectivity index (χ4v) is 3.45. The Morgan fingerprint density at radius 3 is 2.64 bits per heavy atom. The molecule has 3 nitrogen and oxygen atoms in total. The van der Waals surface area contributed by atoms with Gasteiger partial charge in [-0.2, -0.15) is 13.2 Å². The smallest absolute Gasteiger partial charge is 0.386 e. The number of rotatable bonds is 2. The number of benzene rings is 2. The number of hydrogen-bond acceptors (Lipinski definition) is 2. The summed E-state index contributed by atoms with van der Waals surface area (Å²) in [5, 5.41) is 3.16. The van der Waals surface area contributed by atoms with Crippen LogP contribution >= 0.6 is 31.9 Å². The first-order chi connectivity index (χ1) is 11.8. The van der Waals surface area contributed by atoms with Crippen molar-refractivity contribution in [3.8, 4) is 0 Å². The third kappa shape index (κ3) is 4.07. The average Bonchev–Trinajstić information content (AvgIpc) is 2.56. The first-order valence-corrected chi connectivity index (χ1v) is 9.07. The number of halogens is 5. The molecule has 1 unspecified atom stereocenters. The number of fused-ring (bicyclic) bond motifs is 1. The van der Waals surface area contributed by atoms with E-state index in [9.17, 15) is 13.2 Å². The third-order valence-electron chi connectivity index (χ3n) is 3.98. The van der Waals surface area contributed by atoms with Crippen LogP contribution in [0.15, 0.2) is 50.3 Å². The molecule has 0 saturated heterocycles. The van der Waals surface area contributed by atoms with E-state index in [4.69, 9.17) is 5.73 Å². The summed E-state index contributed by atoms with van der Waals surface area (Å²) >= 11 is 6.77. The van der Waals surface area contributed by atoms with Gasteiger partial charge < -0.3 is 11.1 Å². The van der Waals surface area contributed by atoms with Crippen molar-refractivity contribution in [3.05, 3.63) is 62.0 Å². The summed E-state index contributed by atoms with van der Waals surface area (Å²) in [6.07, 6.45) is -3.74. The molecule has 3 N–H and O–H groups in total. The number of hydrogen-bond donors (Lipinski definition) is 2. The molecule has 1 aliphatic rings. The van der Waals surface area contributed by atoms with Crippen LogP contribution in [0.5, 0.6) is 0 Å². The molecule has 0 amide bonds. The van der Waals surface area contributed by atoms with Crippen molar-refractivity contribution in [3.63, 3.8) is 0 Å². The monoisotopic (exact) mass is 475 g/mol. The lowest BCUT2D eigenvalue weighted by molar-refractivity contribution is -0.137. The molecule has 0 saturated carbocycles. The van der Waals surface area contributed by atoms with Crippen LogP contribution in [0.25, 0.3) is 0 Å². The Morgan fingerprint density at radius 1 is 1.16 bits per heavy atom. The molecular weight excluding hydrogens is 463 g/mol. The van der Waals surface area contributed by atoms with Crippen molar-refractivity contribution >= 4 is 43.4 Å². The van der Waals surface area contributed by atoms with Crippen molar-refractivity contribution in [1.82, 2.24) is 5.32 Å². The van der Waals surface area contributed by atoms with Crippen molar-refractivity contribution < 1.29 is 13.2 Å². The van der Waals surface area contributed by atoms with Gasteiger partial charge in [-0.25, -0.2) is 4.99 Å². The zero-order valence-electron chi connectivity index (χ0n) is 12.9. The van der Waals surface area contributed by atoms with Gasteiger partial charge in [0.15, 0.2) is 0 Å². The van der Waals surface area contributed by atoms with Gasteiger partial charge in [-0.1, -0.05) is 22.0 Å². The molecule has 0 bridgehead atoms. The quantitative estimate of drug-likeness (QED) is 0.467. The van der Waals surface area contributed by atoms with Gasteiger partial charge in [-0.05, 0) is 63.8 Å². The second-order valence-electron chi connectivity index (χ2n) is 5.68. The standard InChI is InChI=1S/C17H14Br2F3N3/c18-11-3-4-13(19)14(8-11)25-16(23)15-12-7-10(17(20,21)22)2-1-9(12)5-6-24-15/h1-4,7-8,15,24H,5-6H2,(H2,23,25). The number of aliphatic imine (C=N–C) groups is 1. The van der Waals surface area contributed by atoms with Gasteiger partial charge in [0, 0.05) is 15.5 Å². The molecule has 0 aliphatic carbocycles. The van der Waals surface area contributed by atoms with E-state index in [-0.39, 0.29) is 5.84 Å². The van der Waals surface area contributed by atoms with Gasteiger partial charge in [0.1, 0.15) is 5.84 Å². The van der Waals surface area contributed by atoms with E-state index < -0.39 is 17.8 Å². The molecule has 0 aromatic heterocycles. The van der Waals surface area contributed by atoms with Gasteiger partial charge >= 0.3 is 6.18 Å². The maximum absolute atomic E-state index is 13.0. The van der Waals surface area contributed by atoms with Gasteiger partial charge in [0.2, 0.25) is 0 Å². The van der Waals surface area contributed by atoms with E-state index in [1.807, 2.05) is 12.1 Å². The average molecular weight is 477 g/mol. The Labute approximate surface area is 159 Å². The Hall–Kier alpha value is -1.38. The normalized spacial score (nSPS) is 18.1. The second kappa shape index (κ2) is 7.09. The topological polar surface area (TPSA) is 50.4 Å². The minimum absolute atomic E-state index is 0.221. The number of nitrogens with one attached hydrogen (secondary N) is 1. The van der Waals surface area contributed by atoms with Crippen molar-refractivity contribution in [2.75, 3.05) is 6.54 Å². The molecule has 2 aromatic rings. The molecule has 1 aliphatic heterocycles. The summed E-state index contributed by atoms with van der Waals surface area (Å²) in [6.45, 7) is 0.624. The Balaban J connectivity index is 2.02. The third-order valence-corrected chi connectivity index (χ3v) is 5.14. The fourth-order valence-electron chi connectivity index (χ4n) is 2.77. The number of amidine groups is 1. The largest absolute Gasteiger partial charge is 0.416 e. The molecule has 0 radical (unpaired) electrons. The highest BCUT2D eigenvalue weighted by atomic mass is 79.9. The second-order valence-corrected chi connectivity index (χ2v) is 7.45. The molecule has 1 atom stereocenters. The van der Waals surface area contributed by atoms with E-state index >= 15 is 0 Å². The van der Waals surface area contributed by atoms with E-state index in [1.165, 1.54) is 6.07 Å². The summed E-state index contributed by atoms with van der Waals surface area (Å²) in [7, 11) is 0. The number of nitrogens with zero attached hydrogens (tertiary/aromatic N) is 1. The molecule has 3 rings (SSSR count). The summed E-state index contributed by atoms with van der Waals surface area (Å²) in [5.74, 6) is 0.221. The summed E-state index contributed by atoms with van der Waals surface area (Å²) in [5.41, 5.74) is 7.44. The molecule has 0 spiro atoms. The predicted octanol–water partition coefficient (Wildman–Crippen LogP) is 5.11. The van der Waals surface area contributed by atoms with Gasteiger partial charge in [-0.3, -0.25) is 0 Å². The van der Waals surface area contributed by atoms with Crippen LogP contribution in [0.3, 0.4) is 0 Å². The molecule has 8 heteroatoms. The van der Waals surface area contributed by atoms with Crippen LogP contribution in [0, 0.1) is 0 Å². The lowest BCUT2D eigenvalue weighted by atomic mass is 9.91. The van der Waals surface area contributed by atoms with Crippen LogP contribution < -0.4 is 11.1 Å². The number of alkyl halides is 3. The molecule has 0 fully saturated rings. The highest BCUT2D eigenvalue weighted by Crippen LogP contribution is 2.34. The Kier molecular flexibility index (Phi) is 5.22. The van der Waals surface area contributed by atoms with Gasteiger partial charge in [0.05, 0.1) is 17.3 Å². The minimum atomic E-state index is -4.39. The Morgan fingerprint density at radius 2 is 1.92 bits per heavy atom. The van der Waals surface area contributed by atoms with Crippen molar-refractivity contribution in [1.29, 1.82) is 0 Å². The maximum Gasteiger partial charge on any atom is 0.416 e. The first-order valence-electron chi connectivity index (χ1n) is 7.48. The highest BCUT2D eigenvalue weighted by molar-refractivity contribution is 9.11. The van der Waals surface area contributed by atoms with Crippen LogP contribution in [0.4, 0.5) is 18.9 Å². The molecular formula is C17H14Br2F3N3. The predicted molar refractivity (Wildman–Crippen MR) is 99.0 cm³/mol. The lowest BCUT2D eigenvalue weighted by Crippen LogP contribution is -2.39. The molecule has 2 aromatic carbocycles. The SMILES string of the molecule is NC(=Nc1cc(Br)ccc1Br)C1NCCc2ccc(C(F)(F)F)cc21. The minimum Gasteiger partial charge on any atom is -0.386 e.